The first kappa shape index (κ1) is 15.8. The van der Waals surface area contributed by atoms with Crippen LogP contribution in [0.2, 0.25) is 0 Å². The van der Waals surface area contributed by atoms with Crippen LogP contribution in [0.25, 0.3) is 0 Å². The molecule has 1 aliphatic rings. The molecule has 0 atom stereocenters. The van der Waals surface area contributed by atoms with Crippen molar-refractivity contribution >= 4 is 12.0 Å². The monoisotopic (exact) mass is 271 g/mol. The summed E-state index contributed by atoms with van der Waals surface area (Å²) in [6, 6.07) is 0.0398. The number of likely N-dealkylation sites (N-methyl/N-ethyl adjacent to an activating group) is 1. The van der Waals surface area contributed by atoms with Crippen LogP contribution in [0.3, 0.4) is 0 Å². The molecule has 19 heavy (non-hydrogen) atoms. The van der Waals surface area contributed by atoms with Gasteiger partial charge in [0.1, 0.15) is 6.54 Å². The number of amides is 2. The highest BCUT2D eigenvalue weighted by atomic mass is 16.4. The molecule has 2 amide bonds. The summed E-state index contributed by atoms with van der Waals surface area (Å²) >= 11 is 0. The highest BCUT2D eigenvalue weighted by Gasteiger charge is 2.27. The Morgan fingerprint density at radius 3 is 2.26 bits per heavy atom. The lowest BCUT2D eigenvalue weighted by molar-refractivity contribution is -0.137. The van der Waals surface area contributed by atoms with E-state index >= 15 is 0 Å². The van der Waals surface area contributed by atoms with E-state index in [0.717, 1.165) is 32.5 Å². The number of nitrogens with zero attached hydrogens (tertiary/aromatic N) is 3. The third-order valence-electron chi connectivity index (χ3n) is 3.83. The molecule has 1 rings (SSSR count). The number of rotatable bonds is 5. The Hall–Kier alpha value is -1.30. The number of carbonyl (C=O) groups is 2. The van der Waals surface area contributed by atoms with E-state index in [4.69, 9.17) is 5.11 Å². The van der Waals surface area contributed by atoms with E-state index < -0.39 is 5.97 Å². The van der Waals surface area contributed by atoms with Crippen molar-refractivity contribution < 1.29 is 14.7 Å². The summed E-state index contributed by atoms with van der Waals surface area (Å²) in [6.07, 6.45) is 1.92. The Bertz CT molecular complexity index is 314. The highest BCUT2D eigenvalue weighted by Crippen LogP contribution is 2.16. The quantitative estimate of drug-likeness (QED) is 0.808. The second-order valence-corrected chi connectivity index (χ2v) is 4.97. The van der Waals surface area contributed by atoms with E-state index in [2.05, 4.69) is 11.8 Å². The predicted molar refractivity (Wildman–Crippen MR) is 73.2 cm³/mol. The zero-order chi connectivity index (χ0) is 14.4. The van der Waals surface area contributed by atoms with Gasteiger partial charge in [0.25, 0.3) is 0 Å². The van der Waals surface area contributed by atoms with Gasteiger partial charge in [0.2, 0.25) is 0 Å². The molecule has 110 valence electrons. The van der Waals surface area contributed by atoms with E-state index in [9.17, 15) is 9.59 Å². The number of carboxylic acids is 1. The van der Waals surface area contributed by atoms with Gasteiger partial charge in [0.15, 0.2) is 0 Å². The SMILES string of the molecule is CCN1CCC(N(C)C(=O)N(CC)CC(=O)O)CC1. The lowest BCUT2D eigenvalue weighted by atomic mass is 10.0. The second kappa shape index (κ2) is 7.33. The fourth-order valence-electron chi connectivity index (χ4n) is 2.48. The number of urea groups is 1. The molecule has 0 radical (unpaired) electrons. The molecule has 0 aromatic rings. The molecule has 0 bridgehead atoms. The van der Waals surface area contributed by atoms with Crippen LogP contribution in [-0.4, -0.2) is 77.6 Å². The van der Waals surface area contributed by atoms with Gasteiger partial charge in [-0.15, -0.1) is 0 Å². The van der Waals surface area contributed by atoms with Gasteiger partial charge in [-0.25, -0.2) is 4.79 Å². The Morgan fingerprint density at radius 2 is 1.84 bits per heavy atom. The van der Waals surface area contributed by atoms with Gasteiger partial charge < -0.3 is 19.8 Å². The third kappa shape index (κ3) is 4.38. The molecule has 0 spiro atoms. The zero-order valence-electron chi connectivity index (χ0n) is 12.1. The van der Waals surface area contributed by atoms with E-state index in [-0.39, 0.29) is 18.6 Å². The maximum absolute atomic E-state index is 12.2. The maximum Gasteiger partial charge on any atom is 0.323 e. The first-order chi connectivity index (χ1) is 8.99. The lowest BCUT2D eigenvalue weighted by Gasteiger charge is -2.38. The largest absolute Gasteiger partial charge is 0.480 e. The molecule has 1 saturated heterocycles. The number of carbonyl (C=O) groups excluding carboxylic acids is 1. The van der Waals surface area contributed by atoms with Crippen LogP contribution in [0.1, 0.15) is 26.7 Å². The highest BCUT2D eigenvalue weighted by molar-refractivity contribution is 5.80. The topological polar surface area (TPSA) is 64.1 Å². The zero-order valence-corrected chi connectivity index (χ0v) is 12.1. The lowest BCUT2D eigenvalue weighted by Crippen LogP contribution is -2.51. The van der Waals surface area contributed by atoms with E-state index in [1.165, 1.54) is 4.90 Å². The molecule has 1 N–H and O–H groups in total. The van der Waals surface area contributed by atoms with Gasteiger partial charge in [-0.1, -0.05) is 6.92 Å². The summed E-state index contributed by atoms with van der Waals surface area (Å²) in [4.78, 5) is 28.4. The van der Waals surface area contributed by atoms with Crippen LogP contribution in [0.5, 0.6) is 0 Å². The molecule has 0 unspecified atom stereocenters. The van der Waals surface area contributed by atoms with Gasteiger partial charge in [-0.05, 0) is 26.3 Å². The Labute approximate surface area is 115 Å². The Kier molecular flexibility index (Phi) is 6.08. The van der Waals surface area contributed by atoms with Crippen molar-refractivity contribution in [2.75, 3.05) is 39.8 Å². The molecule has 0 aromatic heterocycles. The molecule has 1 heterocycles. The van der Waals surface area contributed by atoms with Crippen molar-refractivity contribution in [3.05, 3.63) is 0 Å². The van der Waals surface area contributed by atoms with Gasteiger partial charge in [0, 0.05) is 32.7 Å². The molecule has 6 heteroatoms. The summed E-state index contributed by atoms with van der Waals surface area (Å²) in [6.45, 7) is 7.18. The van der Waals surface area contributed by atoms with Crippen LogP contribution in [0, 0.1) is 0 Å². The maximum atomic E-state index is 12.2. The number of piperidine rings is 1. The van der Waals surface area contributed by atoms with Crippen molar-refractivity contribution in [2.24, 2.45) is 0 Å². The number of aliphatic carboxylic acids is 1. The number of carboxylic acid groups (broad SMARTS) is 1. The molecule has 0 aromatic carbocycles. The molecule has 1 fully saturated rings. The predicted octanol–water partition coefficient (Wildman–Crippen LogP) is 0.929. The Morgan fingerprint density at radius 1 is 1.26 bits per heavy atom. The minimum absolute atomic E-state index is 0.181. The number of hydrogen-bond acceptors (Lipinski definition) is 3. The second-order valence-electron chi connectivity index (χ2n) is 4.97. The van der Waals surface area contributed by atoms with Crippen LogP contribution in [0.4, 0.5) is 4.79 Å². The smallest absolute Gasteiger partial charge is 0.323 e. The number of likely N-dealkylation sites (tertiary alicyclic amines) is 1. The standard InChI is InChI=1S/C13H25N3O3/c1-4-15-8-6-11(7-9-15)14(3)13(19)16(5-2)10-12(17)18/h11H,4-10H2,1-3H3,(H,17,18). The summed E-state index contributed by atoms with van der Waals surface area (Å²) in [5, 5.41) is 8.80. The van der Waals surface area contributed by atoms with Crippen molar-refractivity contribution in [1.82, 2.24) is 14.7 Å². The van der Waals surface area contributed by atoms with Gasteiger partial charge in [-0.2, -0.15) is 0 Å². The minimum atomic E-state index is -0.968. The van der Waals surface area contributed by atoms with Crippen LogP contribution >= 0.6 is 0 Å². The van der Waals surface area contributed by atoms with Crippen molar-refractivity contribution in [3.8, 4) is 0 Å². The normalized spacial score (nSPS) is 17.2. The molecular formula is C13H25N3O3. The van der Waals surface area contributed by atoms with Crippen LogP contribution < -0.4 is 0 Å². The van der Waals surface area contributed by atoms with Gasteiger partial charge in [0.05, 0.1) is 0 Å². The summed E-state index contributed by atoms with van der Waals surface area (Å²) < 4.78 is 0. The van der Waals surface area contributed by atoms with Crippen LogP contribution in [0.15, 0.2) is 0 Å². The van der Waals surface area contributed by atoms with E-state index in [0.29, 0.717) is 6.54 Å². The van der Waals surface area contributed by atoms with Crippen molar-refractivity contribution in [1.29, 1.82) is 0 Å². The molecule has 1 aliphatic heterocycles. The third-order valence-corrected chi connectivity index (χ3v) is 3.83. The average molecular weight is 271 g/mol. The number of hydrogen-bond donors (Lipinski definition) is 1. The van der Waals surface area contributed by atoms with Gasteiger partial charge in [-0.3, -0.25) is 4.79 Å². The molecular weight excluding hydrogens is 246 g/mol. The van der Waals surface area contributed by atoms with Gasteiger partial charge >= 0.3 is 12.0 Å². The molecule has 0 aliphatic carbocycles. The van der Waals surface area contributed by atoms with Crippen LogP contribution in [-0.2, 0) is 4.79 Å². The average Bonchev–Trinajstić information content (AvgIpc) is 2.43. The van der Waals surface area contributed by atoms with E-state index in [1.54, 1.807) is 18.9 Å². The first-order valence-electron chi connectivity index (χ1n) is 6.95. The first-order valence-corrected chi connectivity index (χ1v) is 6.95. The summed E-state index contributed by atoms with van der Waals surface area (Å²) in [5.41, 5.74) is 0. The van der Waals surface area contributed by atoms with Crippen molar-refractivity contribution in [2.45, 2.75) is 32.7 Å². The summed E-state index contributed by atoms with van der Waals surface area (Å²) in [5.74, 6) is -0.968. The Balaban J connectivity index is 2.54. The van der Waals surface area contributed by atoms with Crippen molar-refractivity contribution in [3.63, 3.8) is 0 Å². The van der Waals surface area contributed by atoms with E-state index in [1.807, 2.05) is 0 Å². The minimum Gasteiger partial charge on any atom is -0.480 e. The fraction of sp³-hybridized carbons (Fsp3) is 0.846. The molecule has 6 nitrogen and oxygen atoms in total. The summed E-state index contributed by atoms with van der Waals surface area (Å²) in [7, 11) is 1.78. The molecule has 0 saturated carbocycles. The fourth-order valence-corrected chi connectivity index (χ4v) is 2.48.